The second-order valence-electron chi connectivity index (χ2n) is 7.26. The maximum Gasteiger partial charge on any atom is 0.281 e. The summed E-state index contributed by atoms with van der Waals surface area (Å²) >= 11 is 0. The van der Waals surface area contributed by atoms with Crippen LogP contribution in [0.3, 0.4) is 0 Å². The fraction of sp³-hybridized carbons (Fsp3) is 0.167. The second-order valence-corrected chi connectivity index (χ2v) is 7.26. The first-order valence-corrected chi connectivity index (χ1v) is 10.3. The summed E-state index contributed by atoms with van der Waals surface area (Å²) in [6.07, 6.45) is 3.11. The number of nitrogens with zero attached hydrogens (tertiary/aromatic N) is 4. The summed E-state index contributed by atoms with van der Waals surface area (Å²) in [4.78, 5) is 25.7. The maximum absolute atomic E-state index is 12.7. The summed E-state index contributed by atoms with van der Waals surface area (Å²) in [6, 6.07) is 17.1. The molecule has 32 heavy (non-hydrogen) atoms. The smallest absolute Gasteiger partial charge is 0.281 e. The third kappa shape index (κ3) is 3.66. The van der Waals surface area contributed by atoms with Crippen LogP contribution in [0.4, 0.5) is 5.82 Å². The average Bonchev–Trinajstić information content (AvgIpc) is 3.34. The molecule has 2 aromatic carbocycles. The average molecular weight is 427 g/mol. The van der Waals surface area contributed by atoms with Crippen molar-refractivity contribution in [1.29, 1.82) is 0 Å². The summed E-state index contributed by atoms with van der Waals surface area (Å²) in [5.41, 5.74) is 2.34. The highest BCUT2D eigenvalue weighted by Gasteiger charge is 2.21. The molecule has 1 aliphatic heterocycles. The van der Waals surface area contributed by atoms with Gasteiger partial charge in [0, 0.05) is 30.9 Å². The molecule has 5 rings (SSSR count). The van der Waals surface area contributed by atoms with Crippen LogP contribution in [-0.2, 0) is 13.2 Å². The molecule has 0 spiro atoms. The molecule has 1 aliphatic rings. The van der Waals surface area contributed by atoms with Gasteiger partial charge in [-0.1, -0.05) is 30.3 Å². The van der Waals surface area contributed by atoms with E-state index in [2.05, 4.69) is 15.3 Å². The number of hydrogen-bond donors (Lipinski definition) is 1. The van der Waals surface area contributed by atoms with Gasteiger partial charge in [-0.25, -0.2) is 4.98 Å². The van der Waals surface area contributed by atoms with E-state index in [0.29, 0.717) is 41.3 Å². The van der Waals surface area contributed by atoms with Crippen molar-refractivity contribution < 1.29 is 14.3 Å². The van der Waals surface area contributed by atoms with Crippen LogP contribution in [0.25, 0.3) is 10.9 Å². The number of anilines is 1. The number of methoxy groups -OCH3 is 1. The van der Waals surface area contributed by atoms with Gasteiger partial charge >= 0.3 is 0 Å². The molecule has 4 aromatic rings. The van der Waals surface area contributed by atoms with E-state index < -0.39 is 5.91 Å². The molecule has 1 N–H and O–H groups in total. The van der Waals surface area contributed by atoms with Gasteiger partial charge in [-0.05, 0) is 29.8 Å². The highest BCUT2D eigenvalue weighted by Crippen LogP contribution is 2.37. The zero-order chi connectivity index (χ0) is 21.9. The first-order valence-electron chi connectivity index (χ1n) is 10.3. The van der Waals surface area contributed by atoms with Crippen LogP contribution in [0.5, 0.6) is 11.5 Å². The van der Waals surface area contributed by atoms with Gasteiger partial charge in [-0.2, -0.15) is 4.99 Å². The van der Waals surface area contributed by atoms with Gasteiger partial charge < -0.3 is 14.8 Å². The third-order valence-electron chi connectivity index (χ3n) is 5.25. The fourth-order valence-electron chi connectivity index (χ4n) is 3.73. The van der Waals surface area contributed by atoms with Crippen LogP contribution in [0.1, 0.15) is 15.9 Å². The lowest BCUT2D eigenvalue weighted by Crippen LogP contribution is -2.25. The number of hydrogen-bond acceptors (Lipinski definition) is 6. The van der Waals surface area contributed by atoms with E-state index >= 15 is 0 Å². The van der Waals surface area contributed by atoms with Crippen LogP contribution in [0.2, 0.25) is 0 Å². The zero-order valence-corrected chi connectivity index (χ0v) is 17.5. The van der Waals surface area contributed by atoms with Crippen molar-refractivity contribution in [3.63, 3.8) is 0 Å². The summed E-state index contributed by atoms with van der Waals surface area (Å²) < 4.78 is 13.6. The molecule has 0 bridgehead atoms. The number of pyridine rings is 1. The molecule has 3 heterocycles. The number of nitrogens with one attached hydrogen (secondary N) is 1. The van der Waals surface area contributed by atoms with E-state index in [1.54, 1.807) is 25.4 Å². The van der Waals surface area contributed by atoms with Crippen LogP contribution >= 0.6 is 0 Å². The Labute approximate surface area is 184 Å². The summed E-state index contributed by atoms with van der Waals surface area (Å²) in [6.45, 7) is 1.78. The van der Waals surface area contributed by atoms with Gasteiger partial charge in [0.05, 0.1) is 12.7 Å². The highest BCUT2D eigenvalue weighted by atomic mass is 16.5. The first kappa shape index (κ1) is 19.7. The zero-order valence-electron chi connectivity index (χ0n) is 17.5. The molecule has 0 fully saturated rings. The number of rotatable bonds is 5. The molecule has 0 saturated heterocycles. The Balaban J connectivity index is 1.61. The molecule has 160 valence electrons. The molecule has 0 radical (unpaired) electrons. The Morgan fingerprint density at radius 1 is 1.16 bits per heavy atom. The predicted octanol–water partition coefficient (Wildman–Crippen LogP) is 3.19. The summed E-state index contributed by atoms with van der Waals surface area (Å²) in [5, 5.41) is 4.24. The molecule has 8 nitrogen and oxygen atoms in total. The molecule has 2 aromatic heterocycles. The lowest BCUT2D eigenvalue weighted by Gasteiger charge is -2.15. The number of benzene rings is 2. The van der Waals surface area contributed by atoms with E-state index in [9.17, 15) is 4.79 Å². The molecular formula is C24H21N5O3. The van der Waals surface area contributed by atoms with E-state index in [0.717, 1.165) is 23.3 Å². The quantitative estimate of drug-likeness (QED) is 0.526. The van der Waals surface area contributed by atoms with Gasteiger partial charge in [0.25, 0.3) is 5.91 Å². The largest absolute Gasteiger partial charge is 0.491 e. The number of carbonyl (C=O) groups is 1. The van der Waals surface area contributed by atoms with Crippen LogP contribution in [0.15, 0.2) is 72.0 Å². The number of aromatic nitrogens is 3. The Hall–Kier alpha value is -4.20. The van der Waals surface area contributed by atoms with E-state index in [4.69, 9.17) is 14.5 Å². The van der Waals surface area contributed by atoms with Gasteiger partial charge in [-0.3, -0.25) is 14.3 Å². The molecule has 0 unspecified atom stereocenters. The Morgan fingerprint density at radius 3 is 2.81 bits per heavy atom. The number of carbonyl (C=O) groups excluding carboxylic acids is 1. The number of fused-ring (bicyclic) bond motifs is 3. The van der Waals surface area contributed by atoms with Crippen molar-refractivity contribution in [3.8, 4) is 11.5 Å². The predicted molar refractivity (Wildman–Crippen MR) is 120 cm³/mol. The van der Waals surface area contributed by atoms with Gasteiger partial charge in [0.1, 0.15) is 17.9 Å². The molecule has 0 saturated carbocycles. The van der Waals surface area contributed by atoms with Gasteiger partial charge in [0.2, 0.25) is 5.62 Å². The van der Waals surface area contributed by atoms with Crippen molar-refractivity contribution in [3.05, 3.63) is 83.7 Å². The normalized spacial score (nSPS) is 13.0. The minimum atomic E-state index is -0.401. The molecule has 8 heteroatoms. The lowest BCUT2D eigenvalue weighted by atomic mass is 10.2. The van der Waals surface area contributed by atoms with Crippen molar-refractivity contribution in [2.24, 2.45) is 4.99 Å². The highest BCUT2D eigenvalue weighted by molar-refractivity contribution is 5.96. The van der Waals surface area contributed by atoms with Crippen molar-refractivity contribution >= 4 is 22.6 Å². The third-order valence-corrected chi connectivity index (χ3v) is 5.25. The maximum atomic E-state index is 12.7. The summed E-state index contributed by atoms with van der Waals surface area (Å²) in [7, 11) is 1.58. The Morgan fingerprint density at radius 2 is 2.03 bits per heavy atom. The number of ether oxygens (including phenoxy) is 2. The minimum absolute atomic E-state index is 0.310. The van der Waals surface area contributed by atoms with Gasteiger partial charge in [-0.15, -0.1) is 0 Å². The van der Waals surface area contributed by atoms with E-state index in [-0.39, 0.29) is 0 Å². The van der Waals surface area contributed by atoms with E-state index in [1.165, 1.54) is 6.20 Å². The first-order chi connectivity index (χ1) is 15.7. The lowest BCUT2D eigenvalue weighted by molar-refractivity contribution is 0.0996. The van der Waals surface area contributed by atoms with Crippen LogP contribution in [-0.4, -0.2) is 34.1 Å². The van der Waals surface area contributed by atoms with Crippen LogP contribution in [0, 0.1) is 0 Å². The molecule has 1 amide bonds. The topological polar surface area (TPSA) is 90.6 Å². The monoisotopic (exact) mass is 427 g/mol. The van der Waals surface area contributed by atoms with Crippen LogP contribution < -0.4 is 20.4 Å². The second kappa shape index (κ2) is 8.50. The molecular weight excluding hydrogens is 406 g/mol. The standard InChI is InChI=1S/C24H21N5O3/c1-31-21-19(32-15-16-6-3-2-4-7-16)10-9-18-20(21)27-24(29-13-12-26-22(18)29)28-23(30)17-8-5-11-25-14-17/h2-11,14,26H,12-13,15H2,1H3. The van der Waals surface area contributed by atoms with Crippen molar-refractivity contribution in [2.45, 2.75) is 13.2 Å². The summed E-state index contributed by atoms with van der Waals surface area (Å²) in [5.74, 6) is 1.52. The Kier molecular flexibility index (Phi) is 5.25. The molecule has 0 atom stereocenters. The fourth-order valence-corrected chi connectivity index (χ4v) is 3.73. The minimum Gasteiger partial charge on any atom is -0.491 e. The molecule has 0 aliphatic carbocycles. The SMILES string of the molecule is COc1c(OCc2ccccc2)ccc2c3n(c(=NC(=O)c4cccnc4)nc12)CCN3. The van der Waals surface area contributed by atoms with Gasteiger partial charge in [0.15, 0.2) is 11.5 Å². The van der Waals surface area contributed by atoms with Crippen molar-refractivity contribution in [2.75, 3.05) is 19.0 Å². The van der Waals surface area contributed by atoms with Crippen molar-refractivity contribution in [1.82, 2.24) is 14.5 Å². The van der Waals surface area contributed by atoms with E-state index in [1.807, 2.05) is 47.0 Å². The number of amides is 1. The Bertz CT molecular complexity index is 1350.